The summed E-state index contributed by atoms with van der Waals surface area (Å²) < 4.78 is 29.3. The lowest BCUT2D eigenvalue weighted by Gasteiger charge is -2.33. The van der Waals surface area contributed by atoms with Crippen LogP contribution in [0.4, 0.5) is 5.82 Å². The zero-order valence-electron chi connectivity index (χ0n) is 14.2. The summed E-state index contributed by atoms with van der Waals surface area (Å²) in [4.78, 5) is 14.0. The smallest absolute Gasteiger partial charge is 0.279 e. The van der Waals surface area contributed by atoms with Crippen molar-refractivity contribution in [2.45, 2.75) is 38.3 Å². The zero-order chi connectivity index (χ0) is 17.3. The van der Waals surface area contributed by atoms with Gasteiger partial charge in [-0.2, -0.15) is 22.5 Å². The molecule has 1 aliphatic heterocycles. The lowest BCUT2D eigenvalue weighted by molar-refractivity contribution is 0.433. The van der Waals surface area contributed by atoms with Crippen molar-refractivity contribution in [3.63, 3.8) is 0 Å². The Hall–Kier alpha value is -1.45. The Morgan fingerprint density at radius 2 is 1.88 bits per heavy atom. The molecule has 0 radical (unpaired) electrons. The Balaban J connectivity index is 1.61. The third-order valence-corrected chi connectivity index (χ3v) is 6.19. The number of rotatable bonds is 6. The highest BCUT2D eigenvalue weighted by atomic mass is 32.2. The van der Waals surface area contributed by atoms with Crippen molar-refractivity contribution in [3.05, 3.63) is 22.5 Å². The minimum Gasteiger partial charge on any atom is -0.355 e. The zero-order valence-corrected chi connectivity index (χ0v) is 15.0. The standard InChI is InChI=1S/C15H25N5O3S/c1-18(2)24(22,23)17-13-7-9-19(10-8-13)14-5-6-15(21)20(16-14)11-12-3-4-12/h5-6,12-13,17H,3-4,7-11H2,1-2H3. The highest BCUT2D eigenvalue weighted by molar-refractivity contribution is 7.87. The van der Waals surface area contributed by atoms with Crippen LogP contribution in [0.15, 0.2) is 16.9 Å². The Morgan fingerprint density at radius 1 is 1.21 bits per heavy atom. The molecule has 9 heteroatoms. The maximum Gasteiger partial charge on any atom is 0.279 e. The van der Waals surface area contributed by atoms with Gasteiger partial charge in [-0.15, -0.1) is 0 Å². The number of nitrogens with zero attached hydrogens (tertiary/aromatic N) is 4. The van der Waals surface area contributed by atoms with E-state index in [0.29, 0.717) is 12.5 Å². The summed E-state index contributed by atoms with van der Waals surface area (Å²) in [6.07, 6.45) is 3.79. The summed E-state index contributed by atoms with van der Waals surface area (Å²) in [5.41, 5.74) is -0.0562. The number of hydrogen-bond acceptors (Lipinski definition) is 5. The Bertz CT molecular complexity index is 734. The van der Waals surface area contributed by atoms with E-state index >= 15 is 0 Å². The van der Waals surface area contributed by atoms with Crippen molar-refractivity contribution in [2.24, 2.45) is 5.92 Å². The number of hydrogen-bond donors (Lipinski definition) is 1. The van der Waals surface area contributed by atoms with E-state index in [0.717, 1.165) is 31.7 Å². The topological polar surface area (TPSA) is 87.5 Å². The lowest BCUT2D eigenvalue weighted by Crippen LogP contribution is -2.48. The van der Waals surface area contributed by atoms with Crippen LogP contribution in [0.2, 0.25) is 0 Å². The van der Waals surface area contributed by atoms with E-state index in [4.69, 9.17) is 0 Å². The highest BCUT2D eigenvalue weighted by Crippen LogP contribution is 2.30. The normalized spacial score (nSPS) is 19.9. The largest absolute Gasteiger partial charge is 0.355 e. The fourth-order valence-corrected chi connectivity index (χ4v) is 3.69. The molecule has 3 rings (SSSR count). The summed E-state index contributed by atoms with van der Waals surface area (Å²) in [6.45, 7) is 2.14. The molecule has 2 fully saturated rings. The maximum absolute atomic E-state index is 11.9. The van der Waals surface area contributed by atoms with Gasteiger partial charge < -0.3 is 4.90 Å². The van der Waals surface area contributed by atoms with Crippen LogP contribution in [0.25, 0.3) is 0 Å². The predicted molar refractivity (Wildman–Crippen MR) is 92.2 cm³/mol. The molecule has 1 saturated carbocycles. The molecule has 0 aromatic carbocycles. The summed E-state index contributed by atoms with van der Waals surface area (Å²) >= 11 is 0. The number of anilines is 1. The molecule has 2 heterocycles. The summed E-state index contributed by atoms with van der Waals surface area (Å²) in [5, 5.41) is 4.49. The van der Waals surface area contributed by atoms with Crippen molar-refractivity contribution >= 4 is 16.0 Å². The number of piperidine rings is 1. The molecule has 0 spiro atoms. The van der Waals surface area contributed by atoms with E-state index in [1.165, 1.54) is 31.2 Å². The van der Waals surface area contributed by atoms with E-state index in [1.807, 2.05) is 0 Å². The maximum atomic E-state index is 11.9. The van der Waals surface area contributed by atoms with Gasteiger partial charge in [0.1, 0.15) is 5.82 Å². The first-order valence-electron chi connectivity index (χ1n) is 8.38. The fraction of sp³-hybridized carbons (Fsp3) is 0.733. The molecule has 1 aromatic rings. The first kappa shape index (κ1) is 17.4. The van der Waals surface area contributed by atoms with Gasteiger partial charge in [-0.05, 0) is 37.7 Å². The van der Waals surface area contributed by atoms with Gasteiger partial charge in [0.25, 0.3) is 15.8 Å². The minimum atomic E-state index is -3.40. The molecule has 1 N–H and O–H groups in total. The number of aromatic nitrogens is 2. The molecule has 0 bridgehead atoms. The van der Waals surface area contributed by atoms with E-state index in [-0.39, 0.29) is 11.6 Å². The molecule has 8 nitrogen and oxygen atoms in total. The van der Waals surface area contributed by atoms with Gasteiger partial charge in [0, 0.05) is 45.8 Å². The second-order valence-corrected chi connectivity index (χ2v) is 8.74. The fourth-order valence-electron chi connectivity index (χ4n) is 2.83. The van der Waals surface area contributed by atoms with Gasteiger partial charge in [0.2, 0.25) is 0 Å². The Morgan fingerprint density at radius 3 is 2.46 bits per heavy atom. The van der Waals surface area contributed by atoms with Crippen molar-refractivity contribution in [2.75, 3.05) is 32.1 Å². The van der Waals surface area contributed by atoms with Crippen molar-refractivity contribution in [1.29, 1.82) is 0 Å². The van der Waals surface area contributed by atoms with E-state index in [2.05, 4.69) is 14.7 Å². The van der Waals surface area contributed by atoms with Gasteiger partial charge in [0.05, 0.1) is 0 Å². The summed E-state index contributed by atoms with van der Waals surface area (Å²) in [5.74, 6) is 1.39. The summed E-state index contributed by atoms with van der Waals surface area (Å²) in [7, 11) is -0.358. The van der Waals surface area contributed by atoms with Crippen LogP contribution in [0, 0.1) is 5.92 Å². The SMILES string of the molecule is CN(C)S(=O)(=O)NC1CCN(c2ccc(=O)n(CC3CC3)n2)CC1. The molecule has 2 aliphatic rings. The average molecular weight is 355 g/mol. The van der Waals surface area contributed by atoms with Crippen LogP contribution in [-0.4, -0.2) is 55.7 Å². The van der Waals surface area contributed by atoms with Crippen LogP contribution in [0.5, 0.6) is 0 Å². The quantitative estimate of drug-likeness (QED) is 0.777. The van der Waals surface area contributed by atoms with Crippen LogP contribution in [-0.2, 0) is 16.8 Å². The first-order chi connectivity index (χ1) is 11.3. The van der Waals surface area contributed by atoms with Gasteiger partial charge >= 0.3 is 0 Å². The predicted octanol–water partition coefficient (Wildman–Crippen LogP) is 0.0181. The third kappa shape index (κ3) is 4.14. The third-order valence-electron chi connectivity index (χ3n) is 4.60. The van der Waals surface area contributed by atoms with Crippen molar-refractivity contribution in [1.82, 2.24) is 18.8 Å². The molecule has 1 saturated heterocycles. The molecule has 0 unspecified atom stereocenters. The molecule has 1 aromatic heterocycles. The Labute approximate surface area is 142 Å². The van der Waals surface area contributed by atoms with Crippen molar-refractivity contribution in [3.8, 4) is 0 Å². The number of nitrogens with one attached hydrogen (secondary N) is 1. The van der Waals surface area contributed by atoms with Crippen LogP contribution >= 0.6 is 0 Å². The van der Waals surface area contributed by atoms with Crippen molar-refractivity contribution < 1.29 is 8.42 Å². The van der Waals surface area contributed by atoms with Crippen LogP contribution in [0.1, 0.15) is 25.7 Å². The second-order valence-electron chi connectivity index (χ2n) is 6.82. The lowest BCUT2D eigenvalue weighted by atomic mass is 10.1. The minimum absolute atomic E-state index is 0.0562. The van der Waals surface area contributed by atoms with Gasteiger partial charge in [-0.25, -0.2) is 4.68 Å². The first-order valence-corrected chi connectivity index (χ1v) is 9.82. The van der Waals surface area contributed by atoms with Gasteiger partial charge in [-0.3, -0.25) is 4.79 Å². The molecular weight excluding hydrogens is 330 g/mol. The van der Waals surface area contributed by atoms with Gasteiger partial charge in [0.15, 0.2) is 0 Å². The molecular formula is C15H25N5O3S. The second kappa shape index (κ2) is 6.81. The highest BCUT2D eigenvalue weighted by Gasteiger charge is 2.26. The van der Waals surface area contributed by atoms with Crippen LogP contribution in [0.3, 0.4) is 0 Å². The molecule has 1 aliphatic carbocycles. The molecule has 0 amide bonds. The molecule has 24 heavy (non-hydrogen) atoms. The molecule has 134 valence electrons. The monoisotopic (exact) mass is 355 g/mol. The van der Waals surface area contributed by atoms with E-state index in [1.54, 1.807) is 16.8 Å². The van der Waals surface area contributed by atoms with E-state index < -0.39 is 10.2 Å². The van der Waals surface area contributed by atoms with Gasteiger partial charge in [-0.1, -0.05) is 0 Å². The van der Waals surface area contributed by atoms with Crippen LogP contribution < -0.4 is 15.2 Å². The average Bonchev–Trinajstić information content (AvgIpc) is 3.34. The summed E-state index contributed by atoms with van der Waals surface area (Å²) in [6, 6.07) is 3.27. The Kier molecular flexibility index (Phi) is 4.93. The van der Waals surface area contributed by atoms with E-state index in [9.17, 15) is 13.2 Å². The molecule has 0 atom stereocenters.